The van der Waals surface area contributed by atoms with E-state index in [1.165, 1.54) is 0 Å². The Balaban J connectivity index is 3.45. The summed E-state index contributed by atoms with van der Waals surface area (Å²) in [6.45, 7) is 0. The summed E-state index contributed by atoms with van der Waals surface area (Å²) in [5, 5.41) is 26.8. The molecule has 6 nitrogen and oxygen atoms in total. The van der Waals surface area contributed by atoms with E-state index in [0.717, 1.165) is 19.2 Å². The van der Waals surface area contributed by atoms with E-state index in [9.17, 15) is 14.7 Å². The molecular weight excluding hydrogens is 204 g/mol. The Bertz CT molecular complexity index is 423. The molecule has 0 fully saturated rings. The van der Waals surface area contributed by atoms with Crippen molar-refractivity contribution in [3.63, 3.8) is 0 Å². The van der Waals surface area contributed by atoms with Crippen LogP contribution in [0.15, 0.2) is 12.1 Å². The number of carbonyl (C=O) groups is 2. The predicted molar refractivity (Wildman–Crippen MR) is 48.6 cm³/mol. The minimum atomic E-state index is -1.36. The highest BCUT2D eigenvalue weighted by Crippen LogP contribution is 2.33. The molecule has 1 aromatic rings. The number of carboxylic acids is 2. The van der Waals surface area contributed by atoms with Crippen LogP contribution >= 0.6 is 0 Å². The van der Waals surface area contributed by atoms with E-state index in [0.29, 0.717) is 0 Å². The van der Waals surface area contributed by atoms with E-state index in [2.05, 4.69) is 4.74 Å². The molecule has 15 heavy (non-hydrogen) atoms. The maximum absolute atomic E-state index is 10.7. The number of aromatic hydroxyl groups is 1. The lowest BCUT2D eigenvalue weighted by molar-refractivity contribution is 0.0674. The topological polar surface area (TPSA) is 104 Å². The Morgan fingerprint density at radius 2 is 1.60 bits per heavy atom. The zero-order valence-electron chi connectivity index (χ0n) is 7.72. The van der Waals surface area contributed by atoms with Gasteiger partial charge in [0.25, 0.3) is 0 Å². The van der Waals surface area contributed by atoms with Crippen molar-refractivity contribution in [3.05, 3.63) is 23.3 Å². The molecule has 1 rings (SSSR count). The van der Waals surface area contributed by atoms with Crippen LogP contribution < -0.4 is 4.74 Å². The number of methoxy groups -OCH3 is 1. The second-order valence-corrected chi connectivity index (χ2v) is 2.65. The second kappa shape index (κ2) is 3.87. The van der Waals surface area contributed by atoms with E-state index in [-0.39, 0.29) is 11.3 Å². The molecule has 0 heterocycles. The number of aromatic carboxylic acids is 2. The summed E-state index contributed by atoms with van der Waals surface area (Å²) in [6.07, 6.45) is 0. The van der Waals surface area contributed by atoms with Gasteiger partial charge in [-0.15, -0.1) is 0 Å². The van der Waals surface area contributed by atoms with E-state index >= 15 is 0 Å². The largest absolute Gasteiger partial charge is 0.504 e. The van der Waals surface area contributed by atoms with Crippen LogP contribution in [0.5, 0.6) is 11.5 Å². The van der Waals surface area contributed by atoms with Gasteiger partial charge in [0.15, 0.2) is 11.5 Å². The second-order valence-electron chi connectivity index (χ2n) is 2.65. The van der Waals surface area contributed by atoms with Crippen LogP contribution in [0.2, 0.25) is 0 Å². The van der Waals surface area contributed by atoms with E-state index in [1.54, 1.807) is 0 Å². The molecule has 0 bridgehead atoms. The lowest BCUT2D eigenvalue weighted by Gasteiger charge is -2.08. The molecule has 0 aliphatic heterocycles. The summed E-state index contributed by atoms with van der Waals surface area (Å²) >= 11 is 0. The first-order valence-electron chi connectivity index (χ1n) is 3.85. The zero-order valence-corrected chi connectivity index (χ0v) is 7.72. The van der Waals surface area contributed by atoms with E-state index in [1.807, 2.05) is 0 Å². The maximum atomic E-state index is 10.7. The fourth-order valence-corrected chi connectivity index (χ4v) is 1.12. The highest BCUT2D eigenvalue weighted by Gasteiger charge is 2.20. The molecule has 3 N–H and O–H groups in total. The number of rotatable bonds is 3. The molecule has 0 atom stereocenters. The summed E-state index contributed by atoms with van der Waals surface area (Å²) in [6, 6.07) is 2.06. The minimum Gasteiger partial charge on any atom is -0.504 e. The van der Waals surface area contributed by atoms with Crippen LogP contribution in [-0.2, 0) is 0 Å². The molecule has 0 aliphatic rings. The molecule has 0 saturated heterocycles. The Kier molecular flexibility index (Phi) is 2.80. The third kappa shape index (κ3) is 1.83. The van der Waals surface area contributed by atoms with Crippen LogP contribution in [0.4, 0.5) is 0 Å². The average Bonchev–Trinajstić information content (AvgIpc) is 2.16. The third-order valence-corrected chi connectivity index (χ3v) is 1.80. The van der Waals surface area contributed by atoms with Crippen LogP contribution in [0, 0.1) is 0 Å². The molecule has 0 aliphatic carbocycles. The van der Waals surface area contributed by atoms with Gasteiger partial charge < -0.3 is 20.1 Å². The van der Waals surface area contributed by atoms with Crippen LogP contribution in [-0.4, -0.2) is 34.4 Å². The van der Waals surface area contributed by atoms with Crippen molar-refractivity contribution >= 4 is 11.9 Å². The first kappa shape index (κ1) is 10.8. The van der Waals surface area contributed by atoms with Crippen molar-refractivity contribution in [3.8, 4) is 11.5 Å². The SMILES string of the molecule is COc1c(C(=O)O)ccc(C(=O)O)c1O. The first-order chi connectivity index (χ1) is 6.99. The van der Waals surface area contributed by atoms with Gasteiger partial charge in [0.1, 0.15) is 11.1 Å². The minimum absolute atomic E-state index is 0.292. The monoisotopic (exact) mass is 212 g/mol. The van der Waals surface area contributed by atoms with Gasteiger partial charge in [-0.25, -0.2) is 9.59 Å². The lowest BCUT2D eigenvalue weighted by Crippen LogP contribution is -2.04. The van der Waals surface area contributed by atoms with Gasteiger partial charge in [-0.3, -0.25) is 0 Å². The number of phenols is 1. The van der Waals surface area contributed by atoms with Crippen molar-refractivity contribution in [2.75, 3.05) is 7.11 Å². The Labute approximate surface area is 84.3 Å². The van der Waals surface area contributed by atoms with Gasteiger partial charge in [-0.2, -0.15) is 0 Å². The van der Waals surface area contributed by atoms with Gasteiger partial charge in [0, 0.05) is 0 Å². The summed E-state index contributed by atoms with van der Waals surface area (Å²) in [7, 11) is 1.15. The summed E-state index contributed by atoms with van der Waals surface area (Å²) < 4.78 is 4.63. The molecule has 0 aromatic heterocycles. The number of hydrogen-bond donors (Lipinski definition) is 3. The third-order valence-electron chi connectivity index (χ3n) is 1.80. The first-order valence-corrected chi connectivity index (χ1v) is 3.85. The molecule has 0 amide bonds. The number of carboxylic acid groups (broad SMARTS) is 2. The van der Waals surface area contributed by atoms with Gasteiger partial charge in [0.2, 0.25) is 0 Å². The molecule has 0 spiro atoms. The Hall–Kier alpha value is -2.24. The Morgan fingerprint density at radius 3 is 2.00 bits per heavy atom. The highest BCUT2D eigenvalue weighted by molar-refractivity contribution is 5.97. The fourth-order valence-electron chi connectivity index (χ4n) is 1.12. The predicted octanol–water partition coefficient (Wildman–Crippen LogP) is 0.797. The van der Waals surface area contributed by atoms with Gasteiger partial charge >= 0.3 is 11.9 Å². The molecule has 6 heteroatoms. The van der Waals surface area contributed by atoms with Gasteiger partial charge in [0.05, 0.1) is 7.11 Å². The Morgan fingerprint density at radius 1 is 1.13 bits per heavy atom. The van der Waals surface area contributed by atoms with E-state index in [4.69, 9.17) is 10.2 Å². The number of hydrogen-bond acceptors (Lipinski definition) is 4. The van der Waals surface area contributed by atoms with Gasteiger partial charge in [-0.05, 0) is 12.1 Å². The summed E-state index contributed by atoms with van der Waals surface area (Å²) in [5.74, 6) is -3.71. The van der Waals surface area contributed by atoms with Crippen LogP contribution in [0.25, 0.3) is 0 Å². The van der Waals surface area contributed by atoms with Crippen molar-refractivity contribution in [2.45, 2.75) is 0 Å². The molecule has 0 radical (unpaired) electrons. The summed E-state index contributed by atoms with van der Waals surface area (Å²) in [5.41, 5.74) is -0.697. The molecule has 80 valence electrons. The maximum Gasteiger partial charge on any atom is 0.339 e. The standard InChI is InChI=1S/C9H8O6/c1-15-7-5(9(13)14)3-2-4(6(7)10)8(11)12/h2-3,10H,1H3,(H,11,12)(H,13,14). The highest BCUT2D eigenvalue weighted by atomic mass is 16.5. The average molecular weight is 212 g/mol. The van der Waals surface area contributed by atoms with Crippen molar-refractivity contribution < 1.29 is 29.6 Å². The van der Waals surface area contributed by atoms with Crippen LogP contribution in [0.3, 0.4) is 0 Å². The quantitative estimate of drug-likeness (QED) is 0.684. The smallest absolute Gasteiger partial charge is 0.339 e. The number of benzene rings is 1. The van der Waals surface area contributed by atoms with Crippen molar-refractivity contribution in [2.24, 2.45) is 0 Å². The van der Waals surface area contributed by atoms with Gasteiger partial charge in [-0.1, -0.05) is 0 Å². The molecule has 0 unspecified atom stereocenters. The molecule has 0 saturated carbocycles. The number of ether oxygens (including phenoxy) is 1. The van der Waals surface area contributed by atoms with Crippen molar-refractivity contribution in [1.29, 1.82) is 0 Å². The normalized spacial score (nSPS) is 9.67. The zero-order chi connectivity index (χ0) is 11.6. The molecule has 1 aromatic carbocycles. The molecular formula is C9H8O6. The summed E-state index contributed by atoms with van der Waals surface area (Å²) in [4.78, 5) is 21.3. The van der Waals surface area contributed by atoms with Crippen molar-refractivity contribution in [1.82, 2.24) is 0 Å². The lowest BCUT2D eigenvalue weighted by atomic mass is 10.1. The van der Waals surface area contributed by atoms with Crippen LogP contribution in [0.1, 0.15) is 20.7 Å². The van der Waals surface area contributed by atoms with E-state index < -0.39 is 23.3 Å². The fraction of sp³-hybridized carbons (Fsp3) is 0.111.